The second-order valence-corrected chi connectivity index (χ2v) is 17.4. The maximum absolute atomic E-state index is 13.5. The third kappa shape index (κ3) is 10.7. The normalized spacial score (nSPS) is 19.7. The van der Waals surface area contributed by atoms with Crippen LogP contribution in [0.4, 0.5) is 9.59 Å². The zero-order valence-electron chi connectivity index (χ0n) is 32.9. The van der Waals surface area contributed by atoms with Gasteiger partial charge in [0.25, 0.3) is 5.91 Å². The molecule has 56 heavy (non-hydrogen) atoms. The zero-order chi connectivity index (χ0) is 40.9. The quantitative estimate of drug-likeness (QED) is 0.119. The first-order chi connectivity index (χ1) is 26.3. The van der Waals surface area contributed by atoms with Gasteiger partial charge >= 0.3 is 24.1 Å². The third-order valence-corrected chi connectivity index (χ3v) is 10.7. The Morgan fingerprint density at radius 3 is 1.66 bits per heavy atom. The number of ketones is 1. The van der Waals surface area contributed by atoms with E-state index in [0.29, 0.717) is 34.0 Å². The van der Waals surface area contributed by atoms with Crippen molar-refractivity contribution >= 4 is 58.5 Å². The molecule has 4 atom stereocenters. The maximum atomic E-state index is 13.5. The van der Waals surface area contributed by atoms with Crippen LogP contribution >= 0.6 is 22.7 Å². The van der Waals surface area contributed by atoms with Crippen molar-refractivity contribution in [3.63, 3.8) is 0 Å². The van der Waals surface area contributed by atoms with Gasteiger partial charge in [0.1, 0.15) is 21.2 Å². The molecule has 5 rings (SSSR count). The van der Waals surface area contributed by atoms with E-state index >= 15 is 0 Å². The van der Waals surface area contributed by atoms with Gasteiger partial charge in [-0.25, -0.2) is 29.1 Å². The van der Waals surface area contributed by atoms with Crippen molar-refractivity contribution in [3.8, 4) is 0 Å². The second kappa shape index (κ2) is 17.5. The number of ether oxygens (including phenoxy) is 4. The van der Waals surface area contributed by atoms with Crippen LogP contribution < -0.4 is 5.32 Å². The van der Waals surface area contributed by atoms with Gasteiger partial charge < -0.3 is 24.3 Å². The molecule has 0 unspecified atom stereocenters. The summed E-state index contributed by atoms with van der Waals surface area (Å²) < 4.78 is 21.5. The largest absolute Gasteiger partial charge is 0.461 e. The minimum absolute atomic E-state index is 0.135. The number of Topliss-reactive ketones (excluding diaryl/α,β-unsaturated/α-hetero) is 1. The van der Waals surface area contributed by atoms with E-state index in [2.05, 4.69) is 15.3 Å². The van der Waals surface area contributed by atoms with E-state index in [1.807, 2.05) is 0 Å². The van der Waals surface area contributed by atoms with Crippen LogP contribution in [-0.4, -0.2) is 99.1 Å². The summed E-state index contributed by atoms with van der Waals surface area (Å²) in [7, 11) is 0. The fraction of sp³-hybridized carbons (Fsp3) is 0.538. The van der Waals surface area contributed by atoms with Crippen molar-refractivity contribution in [2.45, 2.75) is 104 Å². The summed E-state index contributed by atoms with van der Waals surface area (Å²) in [6.45, 7) is 14.9. The van der Waals surface area contributed by atoms with Crippen LogP contribution in [0, 0.1) is 5.92 Å². The smallest absolute Gasteiger partial charge is 0.410 e. The summed E-state index contributed by atoms with van der Waals surface area (Å²) >= 11 is 2.48. The highest BCUT2D eigenvalue weighted by Crippen LogP contribution is 2.40. The van der Waals surface area contributed by atoms with Gasteiger partial charge in [-0.05, 0) is 86.3 Å². The van der Waals surface area contributed by atoms with E-state index in [9.17, 15) is 28.8 Å². The van der Waals surface area contributed by atoms with Crippen molar-refractivity contribution < 1.29 is 47.7 Å². The summed E-state index contributed by atoms with van der Waals surface area (Å²) in [6.07, 6.45) is -0.182. The molecule has 4 heterocycles. The minimum atomic E-state index is -0.755. The number of carbonyl (C=O) groups is 6. The zero-order valence-corrected chi connectivity index (χ0v) is 34.5. The number of aromatic nitrogens is 2. The number of thiazole rings is 2. The Hall–Kier alpha value is -4.90. The van der Waals surface area contributed by atoms with Gasteiger partial charge in [0.2, 0.25) is 0 Å². The summed E-state index contributed by atoms with van der Waals surface area (Å²) in [6, 6.07) is 4.86. The number of likely N-dealkylation sites (tertiary alicyclic amines) is 2. The topological polar surface area (TPSA) is 184 Å². The van der Waals surface area contributed by atoms with Crippen molar-refractivity contribution in [2.75, 3.05) is 26.3 Å². The highest BCUT2D eigenvalue weighted by Gasteiger charge is 2.42. The lowest BCUT2D eigenvalue weighted by molar-refractivity contribution is 0.0209. The SMILES string of the molecule is CCOC(=O)c1csc([C@@H]2C[C@H](CC(=O)c3ccc(C(=O)N[C@H]4C[C@@H](c5nc(C(=O)OCC)cs5)N(C(=O)OC(C)(C)C)C4)cc3)CN2C(=O)OC(C)(C)C)n1. The molecular weight excluding hydrogens is 763 g/mol. The predicted octanol–water partition coefficient (Wildman–Crippen LogP) is 7.00. The van der Waals surface area contributed by atoms with Crippen LogP contribution in [0.1, 0.15) is 138 Å². The van der Waals surface area contributed by atoms with Crippen molar-refractivity contribution in [1.82, 2.24) is 25.1 Å². The summed E-state index contributed by atoms with van der Waals surface area (Å²) in [5, 5.41) is 7.26. The molecule has 1 aromatic carbocycles. The standard InChI is InChI=1S/C39H49N5O10S2/c1-9-51-34(47)26-20-55-32(41-26)28-15-22(18-43(28)36(49)53-38(3,4)5)16-30(45)23-11-13-24(14-12-23)31(46)40-25-17-29(44(19-25)37(50)54-39(6,7)8)33-42-27(21-56-33)35(48)52-10-2/h11-14,20-22,25,28-29H,9-10,15-19H2,1-8H3,(H,40,46)/t22-,25+,28+,29+/m1/s1. The highest BCUT2D eigenvalue weighted by atomic mass is 32.1. The molecule has 17 heteroatoms. The van der Waals surface area contributed by atoms with Crippen molar-refractivity contribution in [3.05, 3.63) is 67.6 Å². The molecule has 2 saturated heterocycles. The number of esters is 2. The van der Waals surface area contributed by atoms with Crippen LogP contribution in [0.2, 0.25) is 0 Å². The molecule has 0 bridgehead atoms. The highest BCUT2D eigenvalue weighted by molar-refractivity contribution is 7.10. The Kier molecular flexibility index (Phi) is 13.2. The molecule has 3 amide bonds. The van der Waals surface area contributed by atoms with Gasteiger partial charge in [0.15, 0.2) is 17.2 Å². The number of nitrogens with one attached hydrogen (secondary N) is 1. The van der Waals surface area contributed by atoms with E-state index in [-0.39, 0.29) is 61.7 Å². The van der Waals surface area contributed by atoms with Crippen LogP contribution in [0.3, 0.4) is 0 Å². The van der Waals surface area contributed by atoms with Crippen molar-refractivity contribution in [1.29, 1.82) is 0 Å². The average Bonchev–Trinajstić information content (AvgIpc) is 3.93. The number of hydrogen-bond acceptors (Lipinski definition) is 14. The van der Waals surface area contributed by atoms with Gasteiger partial charge in [0, 0.05) is 47.4 Å². The summed E-state index contributed by atoms with van der Waals surface area (Å²) in [4.78, 5) is 90.1. The van der Waals surface area contributed by atoms with Gasteiger partial charge in [-0.15, -0.1) is 22.7 Å². The Morgan fingerprint density at radius 2 is 1.18 bits per heavy atom. The average molecular weight is 812 g/mol. The molecule has 2 aliphatic heterocycles. The molecule has 2 aliphatic rings. The van der Waals surface area contributed by atoms with Crippen molar-refractivity contribution in [2.24, 2.45) is 5.92 Å². The lowest BCUT2D eigenvalue weighted by Gasteiger charge is -2.27. The molecule has 0 saturated carbocycles. The number of amides is 3. The first-order valence-corrected chi connectivity index (χ1v) is 20.3. The van der Waals surface area contributed by atoms with E-state index < -0.39 is 53.5 Å². The minimum Gasteiger partial charge on any atom is -0.461 e. The first-order valence-electron chi connectivity index (χ1n) is 18.5. The Balaban J connectivity index is 1.24. The Bertz CT molecular complexity index is 1790. The van der Waals surface area contributed by atoms with Crippen LogP contribution in [-0.2, 0) is 18.9 Å². The predicted molar refractivity (Wildman–Crippen MR) is 207 cm³/mol. The fourth-order valence-electron chi connectivity index (χ4n) is 6.46. The maximum Gasteiger partial charge on any atom is 0.410 e. The number of rotatable bonds is 11. The number of hydrogen-bond donors (Lipinski definition) is 1. The summed E-state index contributed by atoms with van der Waals surface area (Å²) in [5.41, 5.74) is -0.450. The van der Waals surface area contributed by atoms with Crippen LogP contribution in [0.5, 0.6) is 0 Å². The van der Waals surface area contributed by atoms with E-state index in [1.54, 1.807) is 95.3 Å². The number of carbonyl (C=O) groups excluding carboxylic acids is 6. The molecule has 2 fully saturated rings. The molecule has 302 valence electrons. The van der Waals surface area contributed by atoms with Crippen LogP contribution in [0.15, 0.2) is 35.0 Å². The van der Waals surface area contributed by atoms with Gasteiger partial charge in [-0.2, -0.15) is 0 Å². The van der Waals surface area contributed by atoms with Gasteiger partial charge in [0.05, 0.1) is 25.3 Å². The lowest BCUT2D eigenvalue weighted by atomic mass is 9.95. The molecule has 15 nitrogen and oxygen atoms in total. The van der Waals surface area contributed by atoms with Gasteiger partial charge in [-0.1, -0.05) is 12.1 Å². The number of benzene rings is 1. The monoisotopic (exact) mass is 811 g/mol. The van der Waals surface area contributed by atoms with E-state index in [4.69, 9.17) is 18.9 Å². The molecule has 0 radical (unpaired) electrons. The summed E-state index contributed by atoms with van der Waals surface area (Å²) in [5.74, 6) is -1.86. The Labute approximate surface area is 334 Å². The fourth-order valence-corrected chi connectivity index (χ4v) is 8.29. The molecule has 3 aromatic rings. The van der Waals surface area contributed by atoms with E-state index in [0.717, 1.165) is 0 Å². The lowest BCUT2D eigenvalue weighted by Crippen LogP contribution is -2.40. The molecule has 0 aliphatic carbocycles. The second-order valence-electron chi connectivity index (χ2n) is 15.6. The van der Waals surface area contributed by atoms with Crippen LogP contribution in [0.25, 0.3) is 0 Å². The van der Waals surface area contributed by atoms with E-state index in [1.165, 1.54) is 27.6 Å². The Morgan fingerprint density at radius 1 is 0.714 bits per heavy atom. The molecule has 1 N–H and O–H groups in total. The first kappa shape index (κ1) is 42.2. The number of nitrogens with zero attached hydrogens (tertiary/aromatic N) is 4. The molecule has 2 aromatic heterocycles. The third-order valence-electron chi connectivity index (χ3n) is 8.81. The molecular formula is C39H49N5O10S2. The molecule has 0 spiro atoms. The van der Waals surface area contributed by atoms with Gasteiger partial charge in [-0.3, -0.25) is 19.4 Å².